The normalized spacial score (nSPS) is 17.3. The number of rotatable bonds is 5. The molecule has 1 aromatic rings. The highest BCUT2D eigenvalue weighted by Crippen LogP contribution is 2.25. The van der Waals surface area contributed by atoms with Gasteiger partial charge in [-0.05, 0) is 12.0 Å². The molecule has 1 unspecified atom stereocenters. The van der Waals surface area contributed by atoms with E-state index >= 15 is 0 Å². The number of guanidine groups is 1. The fourth-order valence-electron chi connectivity index (χ4n) is 3.12. The van der Waals surface area contributed by atoms with E-state index in [0.29, 0.717) is 6.04 Å². The molecule has 1 atom stereocenters. The van der Waals surface area contributed by atoms with Crippen molar-refractivity contribution in [2.75, 3.05) is 39.8 Å². The number of benzene rings is 1. The summed E-state index contributed by atoms with van der Waals surface area (Å²) in [5.41, 5.74) is 1.42. The fraction of sp³-hybridized carbons (Fsp3) is 0.500. The second kappa shape index (κ2) is 10.6. The molecule has 0 saturated carbocycles. The van der Waals surface area contributed by atoms with Gasteiger partial charge >= 0.3 is 0 Å². The molecule has 2 rings (SSSR count). The van der Waals surface area contributed by atoms with Gasteiger partial charge in [-0.15, -0.1) is 30.6 Å². The van der Waals surface area contributed by atoms with E-state index < -0.39 is 0 Å². The summed E-state index contributed by atoms with van der Waals surface area (Å²) in [5, 5.41) is 3.32. The molecule has 1 N–H and O–H groups in total. The molecule has 0 amide bonds. The van der Waals surface area contributed by atoms with Crippen LogP contribution in [0.25, 0.3) is 0 Å². The van der Waals surface area contributed by atoms with Crippen LogP contribution in [0.3, 0.4) is 0 Å². The van der Waals surface area contributed by atoms with Crippen molar-refractivity contribution in [1.82, 2.24) is 15.1 Å². The van der Waals surface area contributed by atoms with Crippen LogP contribution in [0, 0.1) is 0 Å². The maximum atomic E-state index is 4.36. The van der Waals surface area contributed by atoms with E-state index in [2.05, 4.69) is 63.9 Å². The average Bonchev–Trinajstić information content (AvgIpc) is 2.58. The first-order chi connectivity index (χ1) is 10.8. The molecule has 1 fully saturated rings. The second-order valence-electron chi connectivity index (χ2n) is 5.57. The van der Waals surface area contributed by atoms with Crippen molar-refractivity contribution in [3.05, 3.63) is 48.6 Å². The molecule has 0 spiro atoms. The van der Waals surface area contributed by atoms with E-state index in [9.17, 15) is 0 Å². The fourth-order valence-corrected chi connectivity index (χ4v) is 3.12. The van der Waals surface area contributed by atoms with Crippen LogP contribution in [0.1, 0.15) is 24.9 Å². The molecule has 128 valence electrons. The average molecular weight is 428 g/mol. The van der Waals surface area contributed by atoms with Crippen LogP contribution < -0.4 is 5.32 Å². The lowest BCUT2D eigenvalue weighted by atomic mass is 10.0. The molecule has 1 aliphatic rings. The number of piperazine rings is 1. The summed E-state index contributed by atoms with van der Waals surface area (Å²) in [6.45, 7) is 10.9. The van der Waals surface area contributed by atoms with Gasteiger partial charge in [0.1, 0.15) is 0 Å². The lowest BCUT2D eigenvalue weighted by molar-refractivity contribution is 0.127. The Balaban J connectivity index is 0.00000264. The number of hydrogen-bond donors (Lipinski definition) is 1. The van der Waals surface area contributed by atoms with Crippen LogP contribution in [0.4, 0.5) is 0 Å². The zero-order chi connectivity index (χ0) is 15.8. The standard InChI is InChI=1S/C18H28N4.HI/c1-4-11-20-18(19-3)22-14-12-21(13-15-22)17(5-2)16-9-7-6-8-10-16;/h4,6-10,17H,1,5,11-15H2,2-3H3,(H,19,20);1H. The third kappa shape index (κ3) is 5.49. The van der Waals surface area contributed by atoms with E-state index in [0.717, 1.165) is 45.1 Å². The van der Waals surface area contributed by atoms with E-state index in [1.54, 1.807) is 0 Å². The van der Waals surface area contributed by atoms with Gasteiger partial charge < -0.3 is 10.2 Å². The predicted molar refractivity (Wildman–Crippen MR) is 110 cm³/mol. The van der Waals surface area contributed by atoms with Crippen LogP contribution >= 0.6 is 24.0 Å². The molecule has 0 radical (unpaired) electrons. The summed E-state index contributed by atoms with van der Waals surface area (Å²) in [7, 11) is 1.84. The lowest BCUT2D eigenvalue weighted by Gasteiger charge is -2.40. The molecular formula is C18H29IN4. The van der Waals surface area contributed by atoms with Crippen molar-refractivity contribution in [1.29, 1.82) is 0 Å². The molecular weight excluding hydrogens is 399 g/mol. The molecule has 0 aromatic heterocycles. The van der Waals surface area contributed by atoms with Crippen LogP contribution in [-0.2, 0) is 0 Å². The number of nitrogens with zero attached hydrogens (tertiary/aromatic N) is 3. The Kier molecular flexibility index (Phi) is 9.24. The minimum atomic E-state index is 0. The van der Waals surface area contributed by atoms with E-state index in [1.165, 1.54) is 5.56 Å². The summed E-state index contributed by atoms with van der Waals surface area (Å²) < 4.78 is 0. The molecule has 1 aromatic carbocycles. The third-order valence-electron chi connectivity index (χ3n) is 4.24. The maximum absolute atomic E-state index is 4.36. The van der Waals surface area contributed by atoms with Gasteiger partial charge in [-0.2, -0.15) is 0 Å². The van der Waals surface area contributed by atoms with Gasteiger partial charge in [0.2, 0.25) is 0 Å². The Morgan fingerprint density at radius 1 is 1.26 bits per heavy atom. The molecule has 0 bridgehead atoms. The number of halogens is 1. The Morgan fingerprint density at radius 2 is 1.91 bits per heavy atom. The first-order valence-corrected chi connectivity index (χ1v) is 8.15. The Labute approximate surface area is 157 Å². The Bertz CT molecular complexity index is 481. The molecule has 1 saturated heterocycles. The highest BCUT2D eigenvalue weighted by atomic mass is 127. The van der Waals surface area contributed by atoms with Gasteiger partial charge in [-0.1, -0.05) is 43.3 Å². The summed E-state index contributed by atoms with van der Waals surface area (Å²) in [6.07, 6.45) is 3.01. The summed E-state index contributed by atoms with van der Waals surface area (Å²) in [4.78, 5) is 9.28. The number of aliphatic imine (C=N–C) groups is 1. The van der Waals surface area contributed by atoms with Crippen LogP contribution in [0.15, 0.2) is 48.0 Å². The monoisotopic (exact) mass is 428 g/mol. The van der Waals surface area contributed by atoms with E-state index in [1.807, 2.05) is 13.1 Å². The highest BCUT2D eigenvalue weighted by Gasteiger charge is 2.24. The molecule has 5 heteroatoms. The van der Waals surface area contributed by atoms with Gasteiger partial charge in [0.05, 0.1) is 0 Å². The maximum Gasteiger partial charge on any atom is 0.193 e. The van der Waals surface area contributed by atoms with Crippen molar-refractivity contribution in [2.24, 2.45) is 4.99 Å². The largest absolute Gasteiger partial charge is 0.353 e. The summed E-state index contributed by atoms with van der Waals surface area (Å²) in [6, 6.07) is 11.4. The van der Waals surface area contributed by atoms with Crippen molar-refractivity contribution >= 4 is 29.9 Å². The highest BCUT2D eigenvalue weighted by molar-refractivity contribution is 14.0. The second-order valence-corrected chi connectivity index (χ2v) is 5.57. The van der Waals surface area contributed by atoms with Crippen LogP contribution in [-0.4, -0.2) is 55.5 Å². The van der Waals surface area contributed by atoms with Gasteiger partial charge in [0.25, 0.3) is 0 Å². The Hall–Kier alpha value is -1.08. The predicted octanol–water partition coefficient (Wildman–Crippen LogP) is 3.13. The molecule has 1 heterocycles. The van der Waals surface area contributed by atoms with Crippen molar-refractivity contribution in [3.63, 3.8) is 0 Å². The van der Waals surface area contributed by atoms with Gasteiger partial charge in [-0.3, -0.25) is 9.89 Å². The quantitative estimate of drug-likeness (QED) is 0.339. The van der Waals surface area contributed by atoms with Crippen molar-refractivity contribution in [2.45, 2.75) is 19.4 Å². The molecule has 1 aliphatic heterocycles. The molecule has 23 heavy (non-hydrogen) atoms. The van der Waals surface area contributed by atoms with Crippen LogP contribution in [0.2, 0.25) is 0 Å². The lowest BCUT2D eigenvalue weighted by Crippen LogP contribution is -2.53. The third-order valence-corrected chi connectivity index (χ3v) is 4.24. The minimum absolute atomic E-state index is 0. The van der Waals surface area contributed by atoms with Crippen LogP contribution in [0.5, 0.6) is 0 Å². The summed E-state index contributed by atoms with van der Waals surface area (Å²) >= 11 is 0. The SMILES string of the molecule is C=CCNC(=NC)N1CCN(C(CC)c2ccccc2)CC1.I. The molecule has 4 nitrogen and oxygen atoms in total. The smallest absolute Gasteiger partial charge is 0.193 e. The van der Waals surface area contributed by atoms with Crippen molar-refractivity contribution < 1.29 is 0 Å². The first-order valence-electron chi connectivity index (χ1n) is 8.15. The van der Waals surface area contributed by atoms with Gasteiger partial charge in [0.15, 0.2) is 5.96 Å². The first kappa shape index (κ1) is 20.0. The zero-order valence-corrected chi connectivity index (χ0v) is 16.6. The van der Waals surface area contributed by atoms with Crippen molar-refractivity contribution in [3.8, 4) is 0 Å². The van der Waals surface area contributed by atoms with Gasteiger partial charge in [-0.25, -0.2) is 0 Å². The van der Waals surface area contributed by atoms with E-state index in [4.69, 9.17) is 0 Å². The molecule has 0 aliphatic carbocycles. The van der Waals surface area contributed by atoms with E-state index in [-0.39, 0.29) is 24.0 Å². The topological polar surface area (TPSA) is 30.9 Å². The number of nitrogens with one attached hydrogen (secondary N) is 1. The Morgan fingerprint density at radius 3 is 2.43 bits per heavy atom. The van der Waals surface area contributed by atoms with Gasteiger partial charge in [0, 0.05) is 45.8 Å². The zero-order valence-electron chi connectivity index (χ0n) is 14.2. The summed E-state index contributed by atoms with van der Waals surface area (Å²) in [5.74, 6) is 0.979. The number of hydrogen-bond acceptors (Lipinski definition) is 2. The minimum Gasteiger partial charge on any atom is -0.353 e.